The lowest BCUT2D eigenvalue weighted by atomic mass is 10.2. The van der Waals surface area contributed by atoms with Gasteiger partial charge in [0, 0.05) is 11.1 Å². The molecule has 3 nitrogen and oxygen atoms in total. The molecule has 0 radical (unpaired) electrons. The molecule has 90 valence electrons. The molecular weight excluding hydrogens is 246 g/mol. The van der Waals surface area contributed by atoms with Crippen molar-refractivity contribution in [2.75, 3.05) is 0 Å². The molecule has 0 bridgehead atoms. The lowest BCUT2D eigenvalue weighted by Crippen LogP contribution is -1.99. The maximum atomic E-state index is 5.93. The van der Waals surface area contributed by atoms with Gasteiger partial charge >= 0.3 is 0 Å². The summed E-state index contributed by atoms with van der Waals surface area (Å²) in [5.41, 5.74) is 1.74. The molecule has 0 unspecified atom stereocenters. The molecule has 1 heterocycles. The lowest BCUT2D eigenvalue weighted by molar-refractivity contribution is 1.03. The smallest absolute Gasteiger partial charge is 0.208 e. The summed E-state index contributed by atoms with van der Waals surface area (Å²) in [6.45, 7) is 5.63. The fourth-order valence-electron chi connectivity index (χ4n) is 1.53. The molecule has 0 spiro atoms. The molecule has 18 heavy (non-hydrogen) atoms. The zero-order chi connectivity index (χ0) is 13.0. The van der Waals surface area contributed by atoms with Crippen LogP contribution in [0.4, 0.5) is 0 Å². The monoisotopic (exact) mass is 257 g/mol. The minimum Gasteiger partial charge on any atom is -0.208 e. The van der Waals surface area contributed by atoms with Gasteiger partial charge in [-0.25, -0.2) is 4.98 Å². The second kappa shape index (κ2) is 5.56. The molecule has 0 fully saturated rings. The van der Waals surface area contributed by atoms with Gasteiger partial charge in [0.1, 0.15) is 0 Å². The molecule has 4 heteroatoms. The van der Waals surface area contributed by atoms with Crippen molar-refractivity contribution >= 4 is 17.2 Å². The number of benzene rings is 1. The third kappa shape index (κ3) is 2.63. The van der Waals surface area contributed by atoms with Crippen molar-refractivity contribution in [1.29, 1.82) is 0 Å². The molecule has 0 saturated carbocycles. The number of allylic oxidation sites excluding steroid dienone is 3. The summed E-state index contributed by atoms with van der Waals surface area (Å²) in [6, 6.07) is 9.65. The number of nitrogens with zero attached hydrogens (tertiary/aromatic N) is 3. The van der Waals surface area contributed by atoms with E-state index in [-0.39, 0.29) is 5.28 Å². The molecule has 0 aliphatic heterocycles. The second-order valence-corrected chi connectivity index (χ2v) is 3.90. The van der Waals surface area contributed by atoms with Gasteiger partial charge in [-0.3, -0.25) is 0 Å². The standard InChI is InChI=1S/C14H12ClN3/c1-3-10(4-2)12-16-13(18-14(15)17-12)11-8-6-5-7-9-11/h3-9H,1H2,2H3/b10-4+. The Balaban J connectivity index is 2.54. The molecule has 0 saturated heterocycles. The minimum absolute atomic E-state index is 0.181. The minimum atomic E-state index is 0.181. The van der Waals surface area contributed by atoms with Gasteiger partial charge in [-0.15, -0.1) is 0 Å². The Labute approximate surface area is 111 Å². The van der Waals surface area contributed by atoms with Crippen LogP contribution in [-0.4, -0.2) is 15.0 Å². The van der Waals surface area contributed by atoms with Crippen molar-refractivity contribution in [2.24, 2.45) is 0 Å². The van der Waals surface area contributed by atoms with Crippen LogP contribution >= 0.6 is 11.6 Å². The Morgan fingerprint density at radius 1 is 1.17 bits per heavy atom. The highest BCUT2D eigenvalue weighted by Crippen LogP contribution is 2.19. The van der Waals surface area contributed by atoms with Crippen LogP contribution in [0.15, 0.2) is 49.1 Å². The molecule has 1 aromatic carbocycles. The van der Waals surface area contributed by atoms with Gasteiger partial charge in [-0.2, -0.15) is 9.97 Å². The van der Waals surface area contributed by atoms with Crippen molar-refractivity contribution in [3.05, 3.63) is 60.2 Å². The van der Waals surface area contributed by atoms with Crippen LogP contribution in [-0.2, 0) is 0 Å². The Hall–Kier alpha value is -2.00. The van der Waals surface area contributed by atoms with Gasteiger partial charge < -0.3 is 0 Å². The molecule has 0 N–H and O–H groups in total. The van der Waals surface area contributed by atoms with E-state index in [0.717, 1.165) is 11.1 Å². The summed E-state index contributed by atoms with van der Waals surface area (Å²) in [4.78, 5) is 12.6. The third-order valence-corrected chi connectivity index (χ3v) is 2.60. The Kier molecular flexibility index (Phi) is 3.85. The fraction of sp³-hybridized carbons (Fsp3) is 0.0714. The zero-order valence-corrected chi connectivity index (χ0v) is 10.7. The maximum absolute atomic E-state index is 5.93. The SMILES string of the molecule is C=C/C(=C\C)c1nc(Cl)nc(-c2ccccc2)n1. The van der Waals surface area contributed by atoms with E-state index in [0.29, 0.717) is 11.6 Å². The van der Waals surface area contributed by atoms with Crippen LogP contribution in [0.1, 0.15) is 12.7 Å². The summed E-state index contributed by atoms with van der Waals surface area (Å²) < 4.78 is 0. The molecule has 0 aliphatic carbocycles. The number of rotatable bonds is 3. The number of hydrogen-bond acceptors (Lipinski definition) is 3. The number of halogens is 1. The van der Waals surface area contributed by atoms with Gasteiger partial charge in [0.15, 0.2) is 11.6 Å². The highest BCUT2D eigenvalue weighted by Gasteiger charge is 2.08. The lowest BCUT2D eigenvalue weighted by Gasteiger charge is -2.04. The summed E-state index contributed by atoms with van der Waals surface area (Å²) >= 11 is 5.93. The molecule has 0 aliphatic rings. The van der Waals surface area contributed by atoms with Crippen LogP contribution in [0.3, 0.4) is 0 Å². The first kappa shape index (κ1) is 12.5. The Morgan fingerprint density at radius 2 is 1.89 bits per heavy atom. The van der Waals surface area contributed by atoms with E-state index in [1.807, 2.05) is 43.3 Å². The maximum Gasteiger partial charge on any atom is 0.226 e. The fourth-order valence-corrected chi connectivity index (χ4v) is 1.69. The predicted octanol–water partition coefficient (Wildman–Crippen LogP) is 3.78. The molecule has 0 amide bonds. The van der Waals surface area contributed by atoms with E-state index in [1.54, 1.807) is 6.08 Å². The van der Waals surface area contributed by atoms with Crippen molar-refractivity contribution in [3.8, 4) is 11.4 Å². The highest BCUT2D eigenvalue weighted by molar-refractivity contribution is 6.28. The van der Waals surface area contributed by atoms with Gasteiger partial charge in [-0.05, 0) is 18.5 Å². The van der Waals surface area contributed by atoms with Crippen LogP contribution in [0.2, 0.25) is 5.28 Å². The van der Waals surface area contributed by atoms with E-state index in [2.05, 4.69) is 21.5 Å². The van der Waals surface area contributed by atoms with Crippen LogP contribution < -0.4 is 0 Å². The summed E-state index contributed by atoms with van der Waals surface area (Å²) in [6.07, 6.45) is 3.58. The summed E-state index contributed by atoms with van der Waals surface area (Å²) in [7, 11) is 0. The number of aromatic nitrogens is 3. The molecule has 2 rings (SSSR count). The van der Waals surface area contributed by atoms with E-state index < -0.39 is 0 Å². The average Bonchev–Trinajstić information content (AvgIpc) is 2.40. The van der Waals surface area contributed by atoms with Crippen molar-refractivity contribution in [1.82, 2.24) is 15.0 Å². The first-order valence-electron chi connectivity index (χ1n) is 5.50. The van der Waals surface area contributed by atoms with Crippen molar-refractivity contribution < 1.29 is 0 Å². The summed E-state index contributed by atoms with van der Waals surface area (Å²) in [5.74, 6) is 1.10. The quantitative estimate of drug-likeness (QED) is 0.786. The van der Waals surface area contributed by atoms with E-state index >= 15 is 0 Å². The van der Waals surface area contributed by atoms with Gasteiger partial charge in [0.05, 0.1) is 0 Å². The Morgan fingerprint density at radius 3 is 2.50 bits per heavy atom. The highest BCUT2D eigenvalue weighted by atomic mass is 35.5. The predicted molar refractivity (Wildman–Crippen MR) is 74.1 cm³/mol. The van der Waals surface area contributed by atoms with Gasteiger partial charge in [0.2, 0.25) is 5.28 Å². The molecule has 1 aromatic heterocycles. The Bertz CT molecular complexity index is 591. The molecule has 0 atom stereocenters. The van der Waals surface area contributed by atoms with Gasteiger partial charge in [0.25, 0.3) is 0 Å². The summed E-state index contributed by atoms with van der Waals surface area (Å²) in [5, 5.41) is 0.181. The first-order chi connectivity index (χ1) is 8.74. The number of hydrogen-bond donors (Lipinski definition) is 0. The van der Waals surface area contributed by atoms with E-state index in [1.165, 1.54) is 0 Å². The zero-order valence-electron chi connectivity index (χ0n) is 9.97. The first-order valence-corrected chi connectivity index (χ1v) is 5.88. The second-order valence-electron chi connectivity index (χ2n) is 3.57. The molecular formula is C14H12ClN3. The van der Waals surface area contributed by atoms with E-state index in [9.17, 15) is 0 Å². The van der Waals surface area contributed by atoms with Crippen molar-refractivity contribution in [3.63, 3.8) is 0 Å². The largest absolute Gasteiger partial charge is 0.226 e. The third-order valence-electron chi connectivity index (χ3n) is 2.43. The van der Waals surface area contributed by atoms with Crippen LogP contribution in [0.5, 0.6) is 0 Å². The topological polar surface area (TPSA) is 38.7 Å². The van der Waals surface area contributed by atoms with Gasteiger partial charge in [-0.1, -0.05) is 49.1 Å². The van der Waals surface area contributed by atoms with Crippen LogP contribution in [0.25, 0.3) is 17.0 Å². The van der Waals surface area contributed by atoms with Crippen molar-refractivity contribution in [2.45, 2.75) is 6.92 Å². The van der Waals surface area contributed by atoms with Crippen LogP contribution in [0, 0.1) is 0 Å². The normalized spacial score (nSPS) is 11.3. The average molecular weight is 258 g/mol. The molecule has 2 aromatic rings. The van der Waals surface area contributed by atoms with E-state index in [4.69, 9.17) is 11.6 Å².